The number of carbonyl (C=O) groups is 2. The first-order valence-electron chi connectivity index (χ1n) is 8.51. The lowest BCUT2D eigenvalue weighted by atomic mass is 10.1. The van der Waals surface area contributed by atoms with E-state index in [9.17, 15) is 14.0 Å². The molecule has 0 bridgehead atoms. The van der Waals surface area contributed by atoms with Crippen molar-refractivity contribution in [3.63, 3.8) is 0 Å². The van der Waals surface area contributed by atoms with Crippen molar-refractivity contribution in [1.82, 2.24) is 0 Å². The van der Waals surface area contributed by atoms with Crippen LogP contribution in [-0.4, -0.2) is 24.8 Å². The molecule has 0 radical (unpaired) electrons. The lowest BCUT2D eigenvalue weighted by Gasteiger charge is -2.29. The Labute approximate surface area is 161 Å². The van der Waals surface area contributed by atoms with Crippen molar-refractivity contribution in [2.75, 3.05) is 7.11 Å². The Bertz CT molecular complexity index is 908. The molecular formula is C21H19FO6. The smallest absolute Gasteiger partial charge is 0.348 e. The fourth-order valence-corrected chi connectivity index (χ4v) is 2.58. The van der Waals surface area contributed by atoms with E-state index in [1.54, 1.807) is 30.3 Å². The summed E-state index contributed by atoms with van der Waals surface area (Å²) < 4.78 is 34.2. The van der Waals surface area contributed by atoms with E-state index in [1.165, 1.54) is 39.2 Å². The average molecular weight is 386 g/mol. The monoisotopic (exact) mass is 386 g/mol. The number of hydrogen-bond donors (Lipinski definition) is 0. The number of esters is 2. The first kappa shape index (κ1) is 19.4. The van der Waals surface area contributed by atoms with E-state index in [0.29, 0.717) is 17.1 Å². The molecule has 7 heteroatoms. The maximum Gasteiger partial charge on any atom is 0.348 e. The summed E-state index contributed by atoms with van der Waals surface area (Å²) in [6.45, 7) is 3.15. The van der Waals surface area contributed by atoms with Crippen LogP contribution in [0.25, 0.3) is 6.08 Å². The van der Waals surface area contributed by atoms with Crippen molar-refractivity contribution >= 4 is 18.0 Å². The second-order valence-electron chi connectivity index (χ2n) is 6.56. The fraction of sp³-hybridized carbons (Fsp3) is 0.238. The van der Waals surface area contributed by atoms with Gasteiger partial charge in [0, 0.05) is 13.8 Å². The van der Waals surface area contributed by atoms with Gasteiger partial charge in [0.05, 0.1) is 7.11 Å². The molecule has 146 valence electrons. The molecule has 0 N–H and O–H groups in total. The van der Waals surface area contributed by atoms with Gasteiger partial charge in [-0.05, 0) is 41.5 Å². The van der Waals surface area contributed by atoms with Crippen molar-refractivity contribution in [3.8, 4) is 11.5 Å². The van der Waals surface area contributed by atoms with E-state index in [0.717, 1.165) is 5.56 Å². The number of rotatable bonds is 5. The number of ether oxygens (including phenoxy) is 4. The van der Waals surface area contributed by atoms with Crippen molar-refractivity contribution in [3.05, 3.63) is 65.0 Å². The standard InChI is InChI=1S/C21H19FO6/c1-21(2)27-19(23)16(20(24)28-21)10-14-6-9-17(25-3)18(11-14)26-12-13-4-7-15(22)8-5-13/h4-11H,12H2,1-3H3. The van der Waals surface area contributed by atoms with Gasteiger partial charge in [0.2, 0.25) is 0 Å². The third-order valence-corrected chi connectivity index (χ3v) is 3.92. The molecule has 0 spiro atoms. The molecule has 0 aromatic heterocycles. The molecule has 2 aromatic rings. The summed E-state index contributed by atoms with van der Waals surface area (Å²) >= 11 is 0. The highest BCUT2D eigenvalue weighted by Crippen LogP contribution is 2.31. The molecule has 1 aliphatic heterocycles. The first-order valence-corrected chi connectivity index (χ1v) is 8.51. The van der Waals surface area contributed by atoms with Crippen LogP contribution in [0.5, 0.6) is 11.5 Å². The molecule has 28 heavy (non-hydrogen) atoms. The molecule has 0 aliphatic carbocycles. The highest BCUT2D eigenvalue weighted by atomic mass is 19.1. The summed E-state index contributed by atoms with van der Waals surface area (Å²) in [7, 11) is 1.50. The van der Waals surface area contributed by atoms with Crippen molar-refractivity contribution in [2.45, 2.75) is 26.2 Å². The predicted octanol–water partition coefficient (Wildman–Crippen LogP) is 3.63. The van der Waals surface area contributed by atoms with Gasteiger partial charge < -0.3 is 18.9 Å². The van der Waals surface area contributed by atoms with Crippen molar-refractivity contribution in [2.24, 2.45) is 0 Å². The van der Waals surface area contributed by atoms with E-state index in [4.69, 9.17) is 18.9 Å². The van der Waals surface area contributed by atoms with Gasteiger partial charge in [-0.1, -0.05) is 18.2 Å². The summed E-state index contributed by atoms with van der Waals surface area (Å²) in [6.07, 6.45) is 1.37. The van der Waals surface area contributed by atoms with Crippen LogP contribution >= 0.6 is 0 Å². The Hall–Kier alpha value is -3.35. The summed E-state index contributed by atoms with van der Waals surface area (Å²) in [5, 5.41) is 0. The number of methoxy groups -OCH3 is 1. The third-order valence-electron chi connectivity index (χ3n) is 3.92. The summed E-state index contributed by atoms with van der Waals surface area (Å²) in [4.78, 5) is 24.2. The zero-order valence-corrected chi connectivity index (χ0v) is 15.7. The largest absolute Gasteiger partial charge is 0.493 e. The zero-order valence-electron chi connectivity index (χ0n) is 15.7. The molecule has 2 aromatic carbocycles. The van der Waals surface area contributed by atoms with Gasteiger partial charge in [-0.15, -0.1) is 0 Å². The number of halogens is 1. The van der Waals surface area contributed by atoms with Gasteiger partial charge in [0.15, 0.2) is 11.5 Å². The maximum absolute atomic E-state index is 13.0. The SMILES string of the molecule is COc1ccc(C=C2C(=O)OC(C)(C)OC2=O)cc1OCc1ccc(F)cc1. The van der Waals surface area contributed by atoms with Crippen LogP contribution < -0.4 is 9.47 Å². The Morgan fingerprint density at radius 1 is 1.00 bits per heavy atom. The molecule has 6 nitrogen and oxygen atoms in total. The van der Waals surface area contributed by atoms with Crippen molar-refractivity contribution in [1.29, 1.82) is 0 Å². The van der Waals surface area contributed by atoms with E-state index in [1.807, 2.05) is 0 Å². The highest BCUT2D eigenvalue weighted by molar-refractivity contribution is 6.18. The third kappa shape index (κ3) is 4.49. The quantitative estimate of drug-likeness (QED) is 0.444. The van der Waals surface area contributed by atoms with Crippen LogP contribution in [0.15, 0.2) is 48.0 Å². The van der Waals surface area contributed by atoms with E-state index >= 15 is 0 Å². The molecule has 0 atom stereocenters. The highest BCUT2D eigenvalue weighted by Gasteiger charge is 2.38. The topological polar surface area (TPSA) is 71.1 Å². The fourth-order valence-electron chi connectivity index (χ4n) is 2.58. The molecular weight excluding hydrogens is 367 g/mol. The van der Waals surface area contributed by atoms with Crippen molar-refractivity contribution < 1.29 is 32.9 Å². The maximum atomic E-state index is 13.0. The minimum Gasteiger partial charge on any atom is -0.493 e. The van der Waals surface area contributed by atoms with Gasteiger partial charge in [0.1, 0.15) is 18.0 Å². The molecule has 1 heterocycles. The van der Waals surface area contributed by atoms with E-state index < -0.39 is 17.7 Å². The van der Waals surface area contributed by atoms with E-state index in [2.05, 4.69) is 0 Å². The zero-order chi connectivity index (χ0) is 20.3. The molecule has 3 rings (SSSR count). The Morgan fingerprint density at radius 2 is 1.64 bits per heavy atom. The van der Waals surface area contributed by atoms with Gasteiger partial charge in [0.25, 0.3) is 5.79 Å². The van der Waals surface area contributed by atoms with Crippen LogP contribution in [0, 0.1) is 5.82 Å². The molecule has 0 unspecified atom stereocenters. The Balaban J connectivity index is 1.83. The summed E-state index contributed by atoms with van der Waals surface area (Å²) in [5.74, 6) is -2.27. The lowest BCUT2D eigenvalue weighted by Crippen LogP contribution is -2.41. The molecule has 0 saturated carbocycles. The first-order chi connectivity index (χ1) is 13.3. The van der Waals surface area contributed by atoms with Crippen LogP contribution in [-0.2, 0) is 25.7 Å². The van der Waals surface area contributed by atoms with Crippen LogP contribution in [0.2, 0.25) is 0 Å². The van der Waals surface area contributed by atoms with Gasteiger partial charge in [-0.2, -0.15) is 0 Å². The number of cyclic esters (lactones) is 2. The van der Waals surface area contributed by atoms with E-state index in [-0.39, 0.29) is 18.0 Å². The lowest BCUT2D eigenvalue weighted by molar-refractivity contribution is -0.222. The Kier molecular flexibility index (Phi) is 5.35. The van der Waals surface area contributed by atoms with Gasteiger partial charge in [-0.25, -0.2) is 14.0 Å². The minimum atomic E-state index is -1.30. The number of hydrogen-bond acceptors (Lipinski definition) is 6. The summed E-state index contributed by atoms with van der Waals surface area (Å²) in [6, 6.07) is 10.9. The normalized spacial score (nSPS) is 15.5. The second kappa shape index (κ2) is 7.72. The van der Waals surface area contributed by atoms with Crippen LogP contribution in [0.3, 0.4) is 0 Å². The van der Waals surface area contributed by atoms with Crippen LogP contribution in [0.4, 0.5) is 4.39 Å². The predicted molar refractivity (Wildman–Crippen MR) is 98.0 cm³/mol. The molecule has 1 fully saturated rings. The Morgan fingerprint density at radius 3 is 2.25 bits per heavy atom. The number of carbonyl (C=O) groups excluding carboxylic acids is 2. The van der Waals surface area contributed by atoms with Gasteiger partial charge in [-0.3, -0.25) is 0 Å². The molecule has 0 amide bonds. The molecule has 1 saturated heterocycles. The number of benzene rings is 2. The van der Waals surface area contributed by atoms with Gasteiger partial charge >= 0.3 is 11.9 Å². The molecule has 1 aliphatic rings. The second-order valence-corrected chi connectivity index (χ2v) is 6.56. The van der Waals surface area contributed by atoms with Crippen LogP contribution in [0.1, 0.15) is 25.0 Å². The minimum absolute atomic E-state index is 0.189. The summed E-state index contributed by atoms with van der Waals surface area (Å²) in [5.41, 5.74) is 1.08. The average Bonchev–Trinajstić information content (AvgIpc) is 2.63.